The highest BCUT2D eigenvalue weighted by Gasteiger charge is 2.57. The van der Waals surface area contributed by atoms with Gasteiger partial charge in [-0.1, -0.05) is 18.5 Å². The molecule has 0 saturated heterocycles. The average molecular weight is 558 g/mol. The van der Waals surface area contributed by atoms with Gasteiger partial charge in [-0.2, -0.15) is 0 Å². The van der Waals surface area contributed by atoms with Gasteiger partial charge in [0.1, 0.15) is 17.2 Å². The fourth-order valence-electron chi connectivity index (χ4n) is 4.45. The summed E-state index contributed by atoms with van der Waals surface area (Å²) in [5, 5.41) is 5.34. The van der Waals surface area contributed by atoms with Crippen molar-refractivity contribution < 1.29 is 31.5 Å². The molecule has 1 aliphatic rings. The van der Waals surface area contributed by atoms with E-state index in [4.69, 9.17) is 16.3 Å². The van der Waals surface area contributed by atoms with E-state index in [2.05, 4.69) is 10.6 Å². The van der Waals surface area contributed by atoms with Crippen LogP contribution in [0.4, 0.5) is 13.6 Å². The van der Waals surface area contributed by atoms with Gasteiger partial charge in [0, 0.05) is 17.6 Å². The molecule has 37 heavy (non-hydrogen) atoms. The van der Waals surface area contributed by atoms with Gasteiger partial charge in [0.15, 0.2) is 21.4 Å². The maximum Gasteiger partial charge on any atom is 0.315 e. The van der Waals surface area contributed by atoms with Gasteiger partial charge in [0.2, 0.25) is 5.91 Å². The fourth-order valence-corrected chi connectivity index (χ4v) is 6.57. The van der Waals surface area contributed by atoms with Gasteiger partial charge in [-0.25, -0.2) is 22.0 Å². The molecule has 3 amide bonds. The van der Waals surface area contributed by atoms with Crippen LogP contribution in [0.25, 0.3) is 0 Å². The van der Waals surface area contributed by atoms with Crippen LogP contribution < -0.4 is 15.4 Å². The highest BCUT2D eigenvalue weighted by Crippen LogP contribution is 2.49. The lowest BCUT2D eigenvalue weighted by molar-refractivity contribution is -0.134. The second-order valence-corrected chi connectivity index (χ2v) is 12.0. The van der Waals surface area contributed by atoms with E-state index in [1.54, 1.807) is 20.8 Å². The van der Waals surface area contributed by atoms with Crippen molar-refractivity contribution in [2.45, 2.75) is 55.8 Å². The largest absolute Gasteiger partial charge is 0.488 e. The van der Waals surface area contributed by atoms with Crippen LogP contribution in [0.3, 0.4) is 0 Å². The van der Waals surface area contributed by atoms with E-state index in [0.717, 1.165) is 12.1 Å². The molecular weight excluding hydrogens is 528 g/mol. The molecule has 1 aliphatic heterocycles. The highest BCUT2D eigenvalue weighted by atomic mass is 35.5. The van der Waals surface area contributed by atoms with Crippen LogP contribution in [-0.2, 0) is 19.4 Å². The molecule has 2 aromatic rings. The number of carbonyl (C=O) groups excluding carboxylic acids is 2. The van der Waals surface area contributed by atoms with Crippen molar-refractivity contribution in [2.75, 3.05) is 19.7 Å². The van der Waals surface area contributed by atoms with Crippen molar-refractivity contribution in [2.24, 2.45) is 0 Å². The minimum Gasteiger partial charge on any atom is -0.488 e. The minimum atomic E-state index is -4.46. The van der Waals surface area contributed by atoms with Crippen LogP contribution in [0.5, 0.6) is 5.75 Å². The first-order chi connectivity index (χ1) is 17.3. The number of fused-ring (bicyclic) bond motifs is 1. The Morgan fingerprint density at radius 2 is 1.78 bits per heavy atom. The summed E-state index contributed by atoms with van der Waals surface area (Å²) < 4.78 is 61.9. The fraction of sp³-hybridized carbons (Fsp3) is 0.440. The molecule has 0 aromatic heterocycles. The van der Waals surface area contributed by atoms with E-state index in [0.29, 0.717) is 11.4 Å². The smallest absolute Gasteiger partial charge is 0.315 e. The summed E-state index contributed by atoms with van der Waals surface area (Å²) in [7, 11) is -4.46. The first kappa shape index (κ1) is 28.6. The van der Waals surface area contributed by atoms with Gasteiger partial charge in [-0.3, -0.25) is 4.79 Å². The van der Waals surface area contributed by atoms with E-state index < -0.39 is 68.7 Å². The highest BCUT2D eigenvalue weighted by molar-refractivity contribution is 7.92. The normalized spacial score (nSPS) is 19.1. The lowest BCUT2D eigenvalue weighted by Gasteiger charge is -2.46. The molecule has 8 nitrogen and oxygen atoms in total. The first-order valence-electron chi connectivity index (χ1n) is 11.8. The number of hydrogen-bond acceptors (Lipinski definition) is 5. The lowest BCUT2D eigenvalue weighted by atomic mass is 9.87. The van der Waals surface area contributed by atoms with Gasteiger partial charge in [-0.15, -0.1) is 0 Å². The number of urea groups is 1. The quantitative estimate of drug-likeness (QED) is 0.510. The molecule has 0 radical (unpaired) electrons. The predicted octanol–water partition coefficient (Wildman–Crippen LogP) is 4.01. The zero-order valence-corrected chi connectivity index (χ0v) is 22.6. The Labute approximate surface area is 220 Å². The maximum absolute atomic E-state index is 15.4. The molecule has 0 unspecified atom stereocenters. The summed E-state index contributed by atoms with van der Waals surface area (Å²) in [4.78, 5) is 26.4. The van der Waals surface area contributed by atoms with E-state index in [-0.39, 0.29) is 17.5 Å². The molecular formula is C25H30ClF2N3O5S. The third-order valence-electron chi connectivity index (χ3n) is 6.24. The van der Waals surface area contributed by atoms with Crippen molar-refractivity contribution in [1.29, 1.82) is 0 Å². The van der Waals surface area contributed by atoms with Gasteiger partial charge in [0.25, 0.3) is 0 Å². The molecule has 0 aliphatic carbocycles. The minimum absolute atomic E-state index is 0.0817. The molecule has 3 rings (SSSR count). The second kappa shape index (κ2) is 11.2. The van der Waals surface area contributed by atoms with Gasteiger partial charge in [-0.05, 0) is 63.6 Å². The van der Waals surface area contributed by atoms with Crippen molar-refractivity contribution in [3.63, 3.8) is 0 Å². The molecule has 2 N–H and O–H groups in total. The number of halogens is 3. The van der Waals surface area contributed by atoms with Gasteiger partial charge >= 0.3 is 6.03 Å². The summed E-state index contributed by atoms with van der Waals surface area (Å²) in [6.45, 7) is 5.77. The second-order valence-electron chi connectivity index (χ2n) is 9.19. The molecule has 0 saturated carbocycles. The molecule has 202 valence electrons. The zero-order valence-electron chi connectivity index (χ0n) is 21.0. The Balaban J connectivity index is 2.15. The van der Waals surface area contributed by atoms with Crippen LogP contribution >= 0.6 is 11.6 Å². The van der Waals surface area contributed by atoms with E-state index in [9.17, 15) is 22.4 Å². The van der Waals surface area contributed by atoms with E-state index >= 15 is 4.39 Å². The van der Waals surface area contributed by atoms with Crippen LogP contribution in [0.2, 0.25) is 5.02 Å². The van der Waals surface area contributed by atoms with Crippen molar-refractivity contribution in [1.82, 2.24) is 15.5 Å². The number of rotatable bonds is 8. The van der Waals surface area contributed by atoms with Gasteiger partial charge < -0.3 is 20.3 Å². The number of nitrogens with one attached hydrogen (secondary N) is 2. The Bertz CT molecular complexity index is 1270. The number of sulfone groups is 1. The molecule has 0 spiro atoms. The number of ether oxygens (including phenoxy) is 1. The Kier molecular flexibility index (Phi) is 8.69. The topological polar surface area (TPSA) is 105 Å². The third kappa shape index (κ3) is 5.52. The Morgan fingerprint density at radius 3 is 2.38 bits per heavy atom. The SMILES string of the molecule is CCCN(C(=O)CNC(=O)NC(C)C)[C@H]1COc2c(F)ccc(F)c2[C@]1(C)S(=O)(=O)c1ccc(Cl)cc1. The molecule has 2 atom stereocenters. The summed E-state index contributed by atoms with van der Waals surface area (Å²) >= 11 is 5.95. The van der Waals surface area contributed by atoms with Crippen LogP contribution in [0.15, 0.2) is 41.3 Å². The first-order valence-corrected chi connectivity index (χ1v) is 13.7. The number of benzene rings is 2. The summed E-state index contributed by atoms with van der Waals surface area (Å²) in [6.07, 6.45) is 0.427. The Hall–Kier alpha value is -2.92. The number of amides is 3. The zero-order chi connectivity index (χ0) is 27.5. The van der Waals surface area contributed by atoms with Crippen LogP contribution in [0.1, 0.15) is 39.7 Å². The molecule has 1 heterocycles. The van der Waals surface area contributed by atoms with E-state index in [1.807, 2.05) is 0 Å². The van der Waals surface area contributed by atoms with Gasteiger partial charge in [0.05, 0.1) is 23.0 Å². The monoisotopic (exact) mass is 557 g/mol. The standard InChI is InChI=1S/C25H30ClF2N3O5S/c1-5-12-31(21(32)13-29-24(33)30-15(2)3)20-14-36-23-19(28)11-10-18(27)22(23)25(20,4)37(34,35)17-8-6-16(26)7-9-17/h6-11,15,20H,5,12-14H2,1-4H3,(H2,29,30,33)/t20-,25+/m0/s1. The summed E-state index contributed by atoms with van der Waals surface area (Å²) in [5.74, 6) is -3.03. The number of nitrogens with zero attached hydrogens (tertiary/aromatic N) is 1. The van der Waals surface area contributed by atoms with E-state index in [1.165, 1.54) is 36.1 Å². The maximum atomic E-state index is 15.4. The number of hydrogen-bond donors (Lipinski definition) is 2. The third-order valence-corrected chi connectivity index (χ3v) is 8.98. The summed E-state index contributed by atoms with van der Waals surface area (Å²) in [5.41, 5.74) is -0.502. The van der Waals surface area contributed by atoms with Crippen LogP contribution in [-0.4, -0.2) is 57.0 Å². The molecule has 2 aromatic carbocycles. The van der Waals surface area contributed by atoms with Crippen molar-refractivity contribution >= 4 is 33.4 Å². The van der Waals surface area contributed by atoms with Crippen molar-refractivity contribution in [3.8, 4) is 5.75 Å². The van der Waals surface area contributed by atoms with Crippen molar-refractivity contribution in [3.05, 3.63) is 58.6 Å². The predicted molar refractivity (Wildman–Crippen MR) is 135 cm³/mol. The average Bonchev–Trinajstić information content (AvgIpc) is 2.83. The lowest BCUT2D eigenvalue weighted by Crippen LogP contribution is -2.61. The molecule has 0 fully saturated rings. The Morgan fingerprint density at radius 1 is 1.16 bits per heavy atom. The number of carbonyl (C=O) groups is 2. The molecule has 0 bridgehead atoms. The molecule has 12 heteroatoms. The summed E-state index contributed by atoms with van der Waals surface area (Å²) in [6, 6.07) is 4.99. The van der Waals surface area contributed by atoms with Crippen LogP contribution in [0, 0.1) is 11.6 Å².